The molecule has 2 atom stereocenters. The molecule has 6 nitrogen and oxygen atoms in total. The van der Waals surface area contributed by atoms with Crippen LogP contribution >= 0.6 is 0 Å². The monoisotopic (exact) mass is 322 g/mol. The van der Waals surface area contributed by atoms with E-state index in [2.05, 4.69) is 0 Å². The minimum absolute atomic E-state index is 0.0396. The molecule has 1 aliphatic rings. The number of hydrogen-bond donors (Lipinski definition) is 1. The standard InChI is InChI=1S/C15H18N2O4S/c1-2-5-12-9-17(10-13(12)15(18)19)22(20,21)14-7-4-3-6-11(14)8-16/h3-4,6-7,12-13H,2,5,9-10H2,1H3,(H,18,19)/t12-,13-/m1/s1. The molecule has 0 bridgehead atoms. The van der Waals surface area contributed by atoms with Crippen LogP contribution < -0.4 is 0 Å². The number of aliphatic carboxylic acids is 1. The van der Waals surface area contributed by atoms with Crippen molar-refractivity contribution >= 4 is 16.0 Å². The van der Waals surface area contributed by atoms with Gasteiger partial charge >= 0.3 is 5.97 Å². The number of nitriles is 1. The first-order valence-electron chi connectivity index (χ1n) is 7.14. The second-order valence-corrected chi connectivity index (χ2v) is 7.33. The second-order valence-electron chi connectivity index (χ2n) is 5.42. The van der Waals surface area contributed by atoms with Gasteiger partial charge < -0.3 is 5.11 Å². The number of carboxylic acid groups (broad SMARTS) is 1. The van der Waals surface area contributed by atoms with E-state index in [1.807, 2.05) is 13.0 Å². The summed E-state index contributed by atoms with van der Waals surface area (Å²) in [5.74, 6) is -1.85. The molecule has 1 fully saturated rings. The summed E-state index contributed by atoms with van der Waals surface area (Å²) in [6.07, 6.45) is 1.47. The molecule has 0 unspecified atom stereocenters. The summed E-state index contributed by atoms with van der Waals surface area (Å²) in [5.41, 5.74) is 0.0771. The van der Waals surface area contributed by atoms with Gasteiger partial charge in [0.25, 0.3) is 0 Å². The maximum Gasteiger partial charge on any atom is 0.308 e. The average Bonchev–Trinajstić information content (AvgIpc) is 2.92. The quantitative estimate of drug-likeness (QED) is 0.889. The molecule has 2 rings (SSSR count). The highest BCUT2D eigenvalue weighted by Crippen LogP contribution is 2.32. The van der Waals surface area contributed by atoms with Crippen LogP contribution in [0.25, 0.3) is 0 Å². The van der Waals surface area contributed by atoms with Crippen molar-refractivity contribution in [3.8, 4) is 6.07 Å². The Bertz CT molecular complexity index is 708. The molecule has 1 N–H and O–H groups in total. The van der Waals surface area contributed by atoms with Crippen LogP contribution in [-0.2, 0) is 14.8 Å². The molecule has 0 saturated carbocycles. The Kier molecular flexibility index (Phi) is 4.84. The third kappa shape index (κ3) is 2.98. The van der Waals surface area contributed by atoms with Gasteiger partial charge in [-0.25, -0.2) is 8.42 Å². The van der Waals surface area contributed by atoms with Gasteiger partial charge in [-0.3, -0.25) is 4.79 Å². The molecule has 0 aromatic heterocycles. The lowest BCUT2D eigenvalue weighted by molar-refractivity contribution is -0.142. The number of carboxylic acids is 1. The van der Waals surface area contributed by atoms with Crippen molar-refractivity contribution in [2.24, 2.45) is 11.8 Å². The van der Waals surface area contributed by atoms with Gasteiger partial charge in [-0.1, -0.05) is 25.5 Å². The van der Waals surface area contributed by atoms with E-state index in [4.69, 9.17) is 5.26 Å². The van der Waals surface area contributed by atoms with E-state index in [0.29, 0.717) is 6.42 Å². The van der Waals surface area contributed by atoms with Crippen molar-refractivity contribution in [1.82, 2.24) is 4.31 Å². The zero-order valence-electron chi connectivity index (χ0n) is 12.3. The van der Waals surface area contributed by atoms with Crippen molar-refractivity contribution in [3.63, 3.8) is 0 Å². The van der Waals surface area contributed by atoms with Crippen molar-refractivity contribution in [1.29, 1.82) is 5.26 Å². The van der Waals surface area contributed by atoms with E-state index in [-0.39, 0.29) is 29.5 Å². The summed E-state index contributed by atoms with van der Waals surface area (Å²) in [6.45, 7) is 2.09. The summed E-state index contributed by atoms with van der Waals surface area (Å²) in [4.78, 5) is 11.3. The highest BCUT2D eigenvalue weighted by Gasteiger charge is 2.42. The fraction of sp³-hybridized carbons (Fsp3) is 0.467. The zero-order valence-corrected chi connectivity index (χ0v) is 13.1. The van der Waals surface area contributed by atoms with Gasteiger partial charge in [-0.05, 0) is 24.5 Å². The predicted octanol–water partition coefficient (Wildman–Crippen LogP) is 1.68. The van der Waals surface area contributed by atoms with Crippen LogP contribution in [0.15, 0.2) is 29.2 Å². The van der Waals surface area contributed by atoms with E-state index < -0.39 is 21.9 Å². The molecule has 1 saturated heterocycles. The molecule has 1 aromatic rings. The highest BCUT2D eigenvalue weighted by molar-refractivity contribution is 7.89. The summed E-state index contributed by atoms with van der Waals surface area (Å²) in [5, 5.41) is 18.4. The lowest BCUT2D eigenvalue weighted by Gasteiger charge is -2.17. The number of rotatable bonds is 5. The average molecular weight is 322 g/mol. The maximum atomic E-state index is 12.7. The third-order valence-electron chi connectivity index (χ3n) is 4.01. The molecule has 0 amide bonds. The van der Waals surface area contributed by atoms with Crippen LogP contribution in [0.5, 0.6) is 0 Å². The van der Waals surface area contributed by atoms with Crippen molar-refractivity contribution in [2.45, 2.75) is 24.7 Å². The predicted molar refractivity (Wildman–Crippen MR) is 79.4 cm³/mol. The van der Waals surface area contributed by atoms with Gasteiger partial charge in [-0.15, -0.1) is 0 Å². The van der Waals surface area contributed by atoms with Crippen LogP contribution in [-0.4, -0.2) is 36.9 Å². The van der Waals surface area contributed by atoms with Crippen molar-refractivity contribution in [3.05, 3.63) is 29.8 Å². The Morgan fingerprint density at radius 3 is 2.68 bits per heavy atom. The van der Waals surface area contributed by atoms with Crippen molar-refractivity contribution in [2.75, 3.05) is 13.1 Å². The SMILES string of the molecule is CCC[C@@H]1CN(S(=O)(=O)c2ccccc2C#N)C[C@H]1C(=O)O. The smallest absolute Gasteiger partial charge is 0.308 e. The van der Waals surface area contributed by atoms with Gasteiger partial charge in [0.05, 0.1) is 16.4 Å². The summed E-state index contributed by atoms with van der Waals surface area (Å²) in [7, 11) is -3.85. The number of benzene rings is 1. The van der Waals surface area contributed by atoms with Crippen LogP contribution in [0.4, 0.5) is 0 Å². The fourth-order valence-corrected chi connectivity index (χ4v) is 4.56. The number of carbonyl (C=O) groups is 1. The van der Waals surface area contributed by atoms with Gasteiger partial charge in [0.15, 0.2) is 0 Å². The summed E-state index contributed by atoms with van der Waals surface area (Å²) >= 11 is 0. The Morgan fingerprint density at radius 2 is 2.09 bits per heavy atom. The number of nitrogens with zero attached hydrogens (tertiary/aromatic N) is 2. The van der Waals surface area contributed by atoms with E-state index in [1.54, 1.807) is 12.1 Å². The molecule has 1 aromatic carbocycles. The van der Waals surface area contributed by atoms with Crippen LogP contribution in [0.1, 0.15) is 25.3 Å². The lowest BCUT2D eigenvalue weighted by Crippen LogP contribution is -2.30. The van der Waals surface area contributed by atoms with Gasteiger partial charge in [0.2, 0.25) is 10.0 Å². The first-order chi connectivity index (χ1) is 10.4. The van der Waals surface area contributed by atoms with Crippen LogP contribution in [0.2, 0.25) is 0 Å². The van der Waals surface area contributed by atoms with E-state index in [1.165, 1.54) is 16.4 Å². The van der Waals surface area contributed by atoms with Crippen LogP contribution in [0.3, 0.4) is 0 Å². The Morgan fingerprint density at radius 1 is 1.41 bits per heavy atom. The molecule has 118 valence electrons. The third-order valence-corrected chi connectivity index (χ3v) is 5.90. The summed E-state index contributed by atoms with van der Waals surface area (Å²) in [6, 6.07) is 7.86. The fourth-order valence-electron chi connectivity index (χ4n) is 2.89. The normalized spacial score (nSPS) is 22.4. The van der Waals surface area contributed by atoms with Gasteiger partial charge in [-0.2, -0.15) is 9.57 Å². The Hall–Kier alpha value is -1.91. The molecule has 0 aliphatic carbocycles. The van der Waals surface area contributed by atoms with E-state index >= 15 is 0 Å². The molecule has 1 aliphatic heterocycles. The number of hydrogen-bond acceptors (Lipinski definition) is 4. The maximum absolute atomic E-state index is 12.7. The highest BCUT2D eigenvalue weighted by atomic mass is 32.2. The molecule has 0 radical (unpaired) electrons. The molecule has 22 heavy (non-hydrogen) atoms. The minimum atomic E-state index is -3.85. The molecular weight excluding hydrogens is 304 g/mol. The molecular formula is C15H18N2O4S. The largest absolute Gasteiger partial charge is 0.481 e. The van der Waals surface area contributed by atoms with Gasteiger partial charge in [0, 0.05) is 13.1 Å². The second kappa shape index (κ2) is 6.46. The van der Waals surface area contributed by atoms with Crippen LogP contribution in [0, 0.1) is 23.2 Å². The Balaban J connectivity index is 2.35. The lowest BCUT2D eigenvalue weighted by atomic mass is 9.92. The molecule has 0 spiro atoms. The Labute approximate surface area is 130 Å². The minimum Gasteiger partial charge on any atom is -0.481 e. The first-order valence-corrected chi connectivity index (χ1v) is 8.58. The number of sulfonamides is 1. The molecule has 1 heterocycles. The summed E-state index contributed by atoms with van der Waals surface area (Å²) < 4.78 is 26.6. The van der Waals surface area contributed by atoms with Gasteiger partial charge in [0.1, 0.15) is 6.07 Å². The zero-order chi connectivity index (χ0) is 16.3. The van der Waals surface area contributed by atoms with Crippen molar-refractivity contribution < 1.29 is 18.3 Å². The first kappa shape index (κ1) is 16.5. The van der Waals surface area contributed by atoms with E-state index in [9.17, 15) is 18.3 Å². The van der Waals surface area contributed by atoms with E-state index in [0.717, 1.165) is 6.42 Å². The molecule has 7 heteroatoms. The topological polar surface area (TPSA) is 98.5 Å².